The molecule has 6 nitrogen and oxygen atoms in total. The quantitative estimate of drug-likeness (QED) is 0.286. The summed E-state index contributed by atoms with van der Waals surface area (Å²) in [5.41, 5.74) is 4.61. The van der Waals surface area contributed by atoms with Crippen molar-refractivity contribution >= 4 is 22.7 Å². The van der Waals surface area contributed by atoms with Crippen LogP contribution in [-0.4, -0.2) is 35.6 Å². The number of pyridine rings is 2. The van der Waals surface area contributed by atoms with Gasteiger partial charge in [0, 0.05) is 30.4 Å². The molecule has 1 aliphatic heterocycles. The lowest BCUT2D eigenvalue weighted by atomic mass is 10.0. The molecular formula is C28H36N4O2. The summed E-state index contributed by atoms with van der Waals surface area (Å²) < 4.78 is 5.04. The van der Waals surface area contributed by atoms with Crippen LogP contribution in [0.2, 0.25) is 0 Å². The van der Waals surface area contributed by atoms with Crippen LogP contribution in [0.5, 0.6) is 0 Å². The molecule has 1 aromatic carbocycles. The van der Waals surface area contributed by atoms with Crippen LogP contribution in [0.3, 0.4) is 0 Å². The van der Waals surface area contributed by atoms with E-state index < -0.39 is 0 Å². The number of nitrogens with zero attached hydrogens (tertiary/aromatic N) is 2. The van der Waals surface area contributed by atoms with E-state index in [2.05, 4.69) is 45.9 Å². The zero-order chi connectivity index (χ0) is 23.6. The van der Waals surface area contributed by atoms with E-state index >= 15 is 0 Å². The van der Waals surface area contributed by atoms with Crippen LogP contribution in [0.1, 0.15) is 61.8 Å². The van der Waals surface area contributed by atoms with Gasteiger partial charge in [-0.15, -0.1) is 0 Å². The van der Waals surface area contributed by atoms with Crippen LogP contribution in [0.15, 0.2) is 48.7 Å². The Hall–Kier alpha value is -2.99. The molecule has 0 radical (unpaired) electrons. The minimum atomic E-state index is -0.295. The summed E-state index contributed by atoms with van der Waals surface area (Å²) in [5.74, 6) is 0.893. The van der Waals surface area contributed by atoms with Gasteiger partial charge in [0.25, 0.3) is 0 Å². The normalized spacial score (nSPS) is 13.8. The van der Waals surface area contributed by atoms with Crippen molar-refractivity contribution in [2.75, 3.05) is 19.0 Å². The van der Waals surface area contributed by atoms with E-state index in [1.807, 2.05) is 18.3 Å². The number of carbonyl (C=O) groups is 1. The van der Waals surface area contributed by atoms with Gasteiger partial charge in [0.15, 0.2) is 0 Å². The summed E-state index contributed by atoms with van der Waals surface area (Å²) in [6.45, 7) is 1.63. The number of hydrogen-bond acceptors (Lipinski definition) is 6. The van der Waals surface area contributed by atoms with E-state index in [9.17, 15) is 4.79 Å². The maximum Gasteiger partial charge on any atom is 0.322 e. The average molecular weight is 461 g/mol. The first-order chi connectivity index (χ1) is 16.7. The van der Waals surface area contributed by atoms with Crippen molar-refractivity contribution in [1.82, 2.24) is 15.3 Å². The van der Waals surface area contributed by atoms with Crippen LogP contribution < -0.4 is 10.6 Å². The first kappa shape index (κ1) is 24.1. The lowest BCUT2D eigenvalue weighted by molar-refractivity contribution is -0.143. The number of anilines is 1. The summed E-state index contributed by atoms with van der Waals surface area (Å²) >= 11 is 0. The number of carbonyl (C=O) groups excluding carboxylic acids is 1. The monoisotopic (exact) mass is 460 g/mol. The molecule has 3 heterocycles. The number of aryl methyl sites for hydroxylation is 2. The van der Waals surface area contributed by atoms with Gasteiger partial charge >= 0.3 is 5.97 Å². The number of methoxy groups -OCH3 is 1. The number of fused-ring (bicyclic) bond motifs is 2. The number of unbranched alkanes of at least 4 members (excludes halogenated alkanes) is 4. The summed E-state index contributed by atoms with van der Waals surface area (Å²) in [4.78, 5) is 21.6. The van der Waals surface area contributed by atoms with Gasteiger partial charge in [-0.05, 0) is 55.4 Å². The van der Waals surface area contributed by atoms with E-state index in [1.165, 1.54) is 37.6 Å². The Balaban J connectivity index is 1.17. The van der Waals surface area contributed by atoms with Crippen molar-refractivity contribution in [3.8, 4) is 0 Å². The fourth-order valence-electron chi connectivity index (χ4n) is 4.68. The van der Waals surface area contributed by atoms with Gasteiger partial charge in [0.05, 0.1) is 12.6 Å². The number of aromatic nitrogens is 2. The van der Waals surface area contributed by atoms with Gasteiger partial charge in [0.2, 0.25) is 0 Å². The predicted octanol–water partition coefficient (Wildman–Crippen LogP) is 5.20. The van der Waals surface area contributed by atoms with Gasteiger partial charge in [-0.3, -0.25) is 9.78 Å². The smallest absolute Gasteiger partial charge is 0.322 e. The highest BCUT2D eigenvalue weighted by molar-refractivity contribution is 5.81. The lowest BCUT2D eigenvalue weighted by Gasteiger charge is -2.17. The second kappa shape index (κ2) is 12.5. The molecule has 1 atom stereocenters. The molecule has 0 aliphatic carbocycles. The molecule has 34 heavy (non-hydrogen) atoms. The van der Waals surface area contributed by atoms with Crippen molar-refractivity contribution in [3.05, 3.63) is 65.5 Å². The number of esters is 1. The first-order valence-corrected chi connectivity index (χ1v) is 12.6. The Kier molecular flexibility index (Phi) is 8.85. The molecule has 3 aromatic rings. The molecule has 6 heteroatoms. The standard InChI is InChI=1S/C28H36N4O2/c1-34-28(33)25(31-20-23-11-7-10-21-12-8-18-29-26(21)23)15-6-4-2-3-5-14-24-17-16-22-13-9-19-30-27(22)32-24/h7-8,10-12,16-18,25,31H,2-6,9,13-15,19-20H2,1H3,(H,30,32)/t25-/m0/s1. The van der Waals surface area contributed by atoms with Gasteiger partial charge in [-0.2, -0.15) is 0 Å². The summed E-state index contributed by atoms with van der Waals surface area (Å²) in [6, 6.07) is 14.3. The molecular weight excluding hydrogens is 424 g/mol. The molecule has 0 bridgehead atoms. The highest BCUT2D eigenvalue weighted by Gasteiger charge is 2.18. The van der Waals surface area contributed by atoms with Gasteiger partial charge in [0.1, 0.15) is 11.9 Å². The van der Waals surface area contributed by atoms with E-state index in [1.54, 1.807) is 0 Å². The third-order valence-corrected chi connectivity index (χ3v) is 6.62. The van der Waals surface area contributed by atoms with Crippen molar-refractivity contribution in [2.24, 2.45) is 0 Å². The molecule has 2 N–H and O–H groups in total. The number of rotatable bonds is 12. The van der Waals surface area contributed by atoms with Gasteiger partial charge in [-0.25, -0.2) is 4.98 Å². The Labute approximate surface area is 202 Å². The highest BCUT2D eigenvalue weighted by Crippen LogP contribution is 2.21. The van der Waals surface area contributed by atoms with Crippen molar-refractivity contribution in [2.45, 2.75) is 70.4 Å². The topological polar surface area (TPSA) is 76.1 Å². The highest BCUT2D eigenvalue weighted by atomic mass is 16.5. The third kappa shape index (κ3) is 6.54. The zero-order valence-electron chi connectivity index (χ0n) is 20.2. The van der Waals surface area contributed by atoms with Crippen LogP contribution >= 0.6 is 0 Å². The number of benzene rings is 1. The fourth-order valence-corrected chi connectivity index (χ4v) is 4.68. The van der Waals surface area contributed by atoms with Gasteiger partial charge in [-0.1, -0.05) is 56.0 Å². The number of nitrogens with one attached hydrogen (secondary N) is 2. The summed E-state index contributed by atoms with van der Waals surface area (Å²) in [5, 5.41) is 7.92. The molecule has 2 aromatic heterocycles. The average Bonchev–Trinajstić information content (AvgIpc) is 2.89. The Morgan fingerprint density at radius 1 is 1.09 bits per heavy atom. The SMILES string of the molecule is COC(=O)[C@H](CCCCCCCc1ccc2c(n1)NCCC2)NCc1cccc2cccnc12. The molecule has 1 aliphatic rings. The number of para-hydroxylation sites is 1. The minimum Gasteiger partial charge on any atom is -0.468 e. The number of ether oxygens (including phenoxy) is 1. The number of hydrogen-bond donors (Lipinski definition) is 2. The molecule has 0 saturated carbocycles. The van der Waals surface area contributed by atoms with Gasteiger partial charge < -0.3 is 15.4 Å². The van der Waals surface area contributed by atoms with Crippen molar-refractivity contribution < 1.29 is 9.53 Å². The molecule has 0 amide bonds. The minimum absolute atomic E-state index is 0.194. The van der Waals surface area contributed by atoms with E-state index in [0.29, 0.717) is 6.54 Å². The molecule has 0 spiro atoms. The first-order valence-electron chi connectivity index (χ1n) is 12.6. The largest absolute Gasteiger partial charge is 0.468 e. The van der Waals surface area contributed by atoms with Crippen LogP contribution in [0, 0.1) is 0 Å². The lowest BCUT2D eigenvalue weighted by Crippen LogP contribution is -2.37. The summed E-state index contributed by atoms with van der Waals surface area (Å²) in [6.07, 6.45) is 11.6. The zero-order valence-corrected chi connectivity index (χ0v) is 20.2. The maximum absolute atomic E-state index is 12.3. The van der Waals surface area contributed by atoms with Crippen LogP contribution in [0.4, 0.5) is 5.82 Å². The Morgan fingerprint density at radius 2 is 1.94 bits per heavy atom. The van der Waals surface area contributed by atoms with E-state index in [0.717, 1.165) is 67.4 Å². The van der Waals surface area contributed by atoms with Crippen molar-refractivity contribution in [3.63, 3.8) is 0 Å². The Bertz CT molecular complexity index is 1080. The van der Waals surface area contributed by atoms with Crippen molar-refractivity contribution in [1.29, 1.82) is 0 Å². The predicted molar refractivity (Wildman–Crippen MR) is 137 cm³/mol. The molecule has 0 saturated heterocycles. The van der Waals surface area contributed by atoms with E-state index in [-0.39, 0.29) is 12.0 Å². The van der Waals surface area contributed by atoms with Crippen LogP contribution in [0.25, 0.3) is 10.9 Å². The molecule has 180 valence electrons. The van der Waals surface area contributed by atoms with E-state index in [4.69, 9.17) is 9.72 Å². The second-order valence-corrected chi connectivity index (χ2v) is 9.10. The van der Waals surface area contributed by atoms with Crippen LogP contribution in [-0.2, 0) is 28.9 Å². The fraction of sp³-hybridized carbons (Fsp3) is 0.464. The molecule has 4 rings (SSSR count). The maximum atomic E-state index is 12.3. The summed E-state index contributed by atoms with van der Waals surface area (Å²) in [7, 11) is 1.46. The second-order valence-electron chi connectivity index (χ2n) is 9.10. The molecule has 0 unspecified atom stereocenters. The third-order valence-electron chi connectivity index (χ3n) is 6.62. The molecule has 0 fully saturated rings. The Morgan fingerprint density at radius 3 is 2.85 bits per heavy atom.